The zero-order chi connectivity index (χ0) is 39.5. The van der Waals surface area contributed by atoms with Gasteiger partial charge in [-0.15, -0.1) is 0 Å². The lowest BCUT2D eigenvalue weighted by molar-refractivity contribution is -0.165. The van der Waals surface area contributed by atoms with E-state index < -0.39 is 27.3 Å². The van der Waals surface area contributed by atoms with Crippen LogP contribution in [0.25, 0.3) is 0 Å². The molecule has 0 spiro atoms. The number of halogens is 2. The van der Waals surface area contributed by atoms with E-state index in [0.717, 1.165) is 56.9 Å². The van der Waals surface area contributed by atoms with Gasteiger partial charge < -0.3 is 10.2 Å². The average molecular weight is 784 g/mol. The summed E-state index contributed by atoms with van der Waals surface area (Å²) in [5, 5.41) is 3.60. The number of hydrogen-bond acceptors (Lipinski definition) is 4. The molecule has 3 aliphatic heterocycles. The van der Waals surface area contributed by atoms with Gasteiger partial charge in [-0.2, -0.15) is 4.31 Å². The number of carbonyl (C=O) groups is 1. The number of nitrogens with one attached hydrogen (secondary N) is 1. The summed E-state index contributed by atoms with van der Waals surface area (Å²) in [5.41, 5.74) is -0.563. The summed E-state index contributed by atoms with van der Waals surface area (Å²) in [4.78, 5) is 14.9. The molecule has 6 nitrogen and oxygen atoms in total. The van der Waals surface area contributed by atoms with Crippen LogP contribution in [0.15, 0.2) is 65.6 Å². The van der Waals surface area contributed by atoms with Crippen LogP contribution in [0.4, 0.5) is 8.78 Å². The molecule has 3 heterocycles. The summed E-state index contributed by atoms with van der Waals surface area (Å²) < 4.78 is 55.4. The molecular formula is C46H71F2N3O3S. The monoisotopic (exact) mass is 784 g/mol. The van der Waals surface area contributed by atoms with Crippen molar-refractivity contribution in [1.82, 2.24) is 14.5 Å². The third-order valence-corrected chi connectivity index (χ3v) is 15.3. The second kappa shape index (κ2) is 20.4. The molecular weight excluding hydrogens is 713 g/mol. The molecule has 55 heavy (non-hydrogen) atoms. The van der Waals surface area contributed by atoms with Gasteiger partial charge in [0, 0.05) is 32.1 Å². The Morgan fingerprint density at radius 3 is 1.69 bits per heavy atom. The van der Waals surface area contributed by atoms with E-state index >= 15 is 0 Å². The highest BCUT2D eigenvalue weighted by Crippen LogP contribution is 2.40. The molecule has 7 rings (SSSR count). The Hall–Kier alpha value is -2.36. The molecule has 9 heteroatoms. The maximum absolute atomic E-state index is 13.8. The number of nitrogens with zero attached hydrogens (tertiary/aromatic N) is 2. The van der Waals surface area contributed by atoms with Crippen molar-refractivity contribution in [2.24, 2.45) is 23.2 Å². The van der Waals surface area contributed by atoms with E-state index in [1.807, 2.05) is 19.1 Å². The van der Waals surface area contributed by atoms with Gasteiger partial charge in [0.05, 0.1) is 10.9 Å². The van der Waals surface area contributed by atoms with Crippen LogP contribution in [-0.2, 0) is 14.8 Å². The van der Waals surface area contributed by atoms with E-state index in [2.05, 4.69) is 41.8 Å². The summed E-state index contributed by atoms with van der Waals surface area (Å²) >= 11 is 0. The molecule has 3 aliphatic carbocycles. The summed E-state index contributed by atoms with van der Waals surface area (Å²) in [5.74, 6) is -1.57. The van der Waals surface area contributed by atoms with Gasteiger partial charge >= 0.3 is 0 Å². The third-order valence-electron chi connectivity index (χ3n) is 13.4. The first kappa shape index (κ1) is 43.8. The minimum atomic E-state index is -3.40. The molecule has 0 bridgehead atoms. The zero-order valence-corrected chi connectivity index (χ0v) is 35.2. The Balaban J connectivity index is 0.000000165. The fraction of sp³-hybridized carbons (Fsp3) is 0.717. The Labute approximate surface area is 332 Å². The average Bonchev–Trinajstić information content (AvgIpc) is 3.22. The van der Waals surface area contributed by atoms with E-state index in [9.17, 15) is 22.0 Å². The van der Waals surface area contributed by atoms with E-state index in [1.54, 1.807) is 21.3 Å². The van der Waals surface area contributed by atoms with Gasteiger partial charge in [0.15, 0.2) is 0 Å². The number of aryl methyl sites for hydroxylation is 1. The van der Waals surface area contributed by atoms with Crippen LogP contribution in [0.3, 0.4) is 0 Å². The van der Waals surface area contributed by atoms with Crippen molar-refractivity contribution in [3.05, 3.63) is 66.3 Å². The lowest BCUT2D eigenvalue weighted by atomic mass is 9.79. The van der Waals surface area contributed by atoms with Gasteiger partial charge in [-0.25, -0.2) is 17.2 Å². The predicted molar refractivity (Wildman–Crippen MR) is 222 cm³/mol. The standard InChI is InChI=1S/C18H25NO2S.C17H27F2NO.C11H19N/c1-15-10-12-17(13-11-15)22(20,21)19-14-6-5-9-18(19)16-7-3-2-4-8-16;1-16(2,17(3,18)19)15(21)20-12-8-7-11-14(20)13-9-5-4-6-10-13;1-2-6-10(7-3-1)11-8-4-5-9-12-11/h5,9-13,16,18H,2-4,6-8,14H2,1H3;7,11,13-14H,4-6,8-10,12H2,1-3H3;4,8,10-12H,1-3,5-7,9H2/t18-;14-;11-/m000/s1. The van der Waals surface area contributed by atoms with Crippen molar-refractivity contribution in [3.63, 3.8) is 0 Å². The minimum Gasteiger partial charge on any atom is -0.335 e. The van der Waals surface area contributed by atoms with Crippen LogP contribution in [0.5, 0.6) is 0 Å². The normalized spacial score (nSPS) is 26.4. The van der Waals surface area contributed by atoms with Gasteiger partial charge in [0.1, 0.15) is 5.41 Å². The quantitative estimate of drug-likeness (QED) is 0.280. The predicted octanol–water partition coefficient (Wildman–Crippen LogP) is 10.8. The molecule has 0 saturated heterocycles. The molecule has 1 N–H and O–H groups in total. The Bertz CT molecular complexity index is 1530. The maximum atomic E-state index is 13.8. The zero-order valence-electron chi connectivity index (χ0n) is 34.4. The molecule has 1 amide bonds. The Morgan fingerprint density at radius 2 is 1.16 bits per heavy atom. The lowest BCUT2D eigenvalue weighted by Crippen LogP contribution is -2.55. The van der Waals surface area contributed by atoms with E-state index in [4.69, 9.17) is 0 Å². The van der Waals surface area contributed by atoms with Crippen molar-refractivity contribution in [2.75, 3.05) is 19.6 Å². The molecule has 3 atom stereocenters. The second-order valence-corrected chi connectivity index (χ2v) is 19.6. The van der Waals surface area contributed by atoms with Crippen molar-refractivity contribution in [2.45, 2.75) is 172 Å². The fourth-order valence-corrected chi connectivity index (χ4v) is 11.2. The smallest absolute Gasteiger partial charge is 0.259 e. The summed E-state index contributed by atoms with van der Waals surface area (Å²) in [7, 11) is -3.40. The van der Waals surface area contributed by atoms with E-state index in [0.29, 0.717) is 35.9 Å². The molecule has 3 saturated carbocycles. The number of alkyl halides is 2. The number of amides is 1. The van der Waals surface area contributed by atoms with Crippen molar-refractivity contribution in [3.8, 4) is 0 Å². The highest BCUT2D eigenvalue weighted by molar-refractivity contribution is 7.89. The fourth-order valence-electron chi connectivity index (χ4n) is 9.51. The van der Waals surface area contributed by atoms with Gasteiger partial charge in [-0.3, -0.25) is 4.79 Å². The van der Waals surface area contributed by atoms with Crippen LogP contribution >= 0.6 is 0 Å². The topological polar surface area (TPSA) is 69.7 Å². The molecule has 308 valence electrons. The van der Waals surface area contributed by atoms with Crippen LogP contribution in [-0.4, -0.2) is 67.2 Å². The molecule has 3 fully saturated rings. The number of benzene rings is 1. The summed E-state index contributed by atoms with van der Waals surface area (Å²) in [6, 6.07) is 7.99. The van der Waals surface area contributed by atoms with Crippen LogP contribution in [0.1, 0.15) is 142 Å². The Morgan fingerprint density at radius 1 is 0.673 bits per heavy atom. The number of carbonyl (C=O) groups excluding carboxylic acids is 1. The largest absolute Gasteiger partial charge is 0.335 e. The van der Waals surface area contributed by atoms with Crippen molar-refractivity contribution >= 4 is 15.9 Å². The molecule has 0 aromatic heterocycles. The van der Waals surface area contributed by atoms with Gasteiger partial charge in [0.2, 0.25) is 15.9 Å². The van der Waals surface area contributed by atoms with Gasteiger partial charge in [0.25, 0.3) is 5.92 Å². The first-order valence-electron chi connectivity index (χ1n) is 21.8. The first-order chi connectivity index (χ1) is 26.3. The highest BCUT2D eigenvalue weighted by Gasteiger charge is 2.51. The van der Waals surface area contributed by atoms with Crippen molar-refractivity contribution < 1.29 is 22.0 Å². The third kappa shape index (κ3) is 11.6. The minimum absolute atomic E-state index is 0.00757. The Kier molecular flexibility index (Phi) is 16.2. The molecule has 6 aliphatic rings. The summed E-state index contributed by atoms with van der Waals surface area (Å²) in [6.07, 6.45) is 35.1. The van der Waals surface area contributed by atoms with Crippen LogP contribution in [0, 0.1) is 30.1 Å². The van der Waals surface area contributed by atoms with Gasteiger partial charge in [-0.1, -0.05) is 112 Å². The van der Waals surface area contributed by atoms with E-state index in [1.165, 1.54) is 97.4 Å². The molecule has 1 aromatic rings. The molecule has 1 aromatic carbocycles. The van der Waals surface area contributed by atoms with Crippen LogP contribution in [0.2, 0.25) is 0 Å². The van der Waals surface area contributed by atoms with Crippen molar-refractivity contribution in [1.29, 1.82) is 0 Å². The second-order valence-electron chi connectivity index (χ2n) is 17.7. The maximum Gasteiger partial charge on any atom is 0.259 e. The van der Waals surface area contributed by atoms with Crippen LogP contribution < -0.4 is 5.32 Å². The number of rotatable bonds is 7. The molecule has 0 radical (unpaired) electrons. The first-order valence-corrected chi connectivity index (χ1v) is 23.3. The summed E-state index contributed by atoms with van der Waals surface area (Å²) in [6.45, 7) is 7.92. The number of sulfonamides is 1. The van der Waals surface area contributed by atoms with Gasteiger partial charge in [-0.05, 0) is 115 Å². The van der Waals surface area contributed by atoms with E-state index in [-0.39, 0.29) is 12.1 Å². The lowest BCUT2D eigenvalue weighted by Gasteiger charge is -2.43. The highest BCUT2D eigenvalue weighted by atomic mass is 32.2. The number of hydrogen-bond donors (Lipinski definition) is 1. The SMILES string of the molecule is C1=C[C@@H](C2CCCCC2)NCC1.CC(F)(F)C(C)(C)C(=O)N1CCC=C[C@H]1C1CCCCC1.Cc1ccc(S(=O)(=O)N2CCC=C[C@H]2C2CCCCC2)cc1. The molecule has 0 unspecified atom stereocenters.